The number of ether oxygens (including phenoxy) is 1. The lowest BCUT2D eigenvalue weighted by molar-refractivity contribution is -0.136. The molecule has 98 valence electrons. The number of nitrogens with zero attached hydrogens (tertiary/aromatic N) is 2. The molecule has 1 aromatic carbocycles. The van der Waals surface area contributed by atoms with E-state index in [1.165, 1.54) is 11.5 Å². The van der Waals surface area contributed by atoms with E-state index in [0.717, 1.165) is 18.7 Å². The topological polar surface area (TPSA) is 72.3 Å². The molecule has 0 unspecified atom stereocenters. The Kier molecular flexibility index (Phi) is 3.16. The Balaban J connectivity index is 1.79. The molecule has 19 heavy (non-hydrogen) atoms. The molecular weight excluding hydrogens is 264 g/mol. The van der Waals surface area contributed by atoms with Gasteiger partial charge >= 0.3 is 5.97 Å². The minimum absolute atomic E-state index is 0.0650. The Morgan fingerprint density at radius 2 is 2.21 bits per heavy atom. The monoisotopic (exact) mass is 276 g/mol. The second-order valence-corrected chi connectivity index (χ2v) is 5.19. The molecule has 2 aromatic rings. The van der Waals surface area contributed by atoms with Crippen LogP contribution in [0.15, 0.2) is 24.3 Å². The van der Waals surface area contributed by atoms with E-state index >= 15 is 0 Å². The third kappa shape index (κ3) is 2.90. The first-order valence-corrected chi connectivity index (χ1v) is 6.81. The number of rotatable bonds is 5. The van der Waals surface area contributed by atoms with Crippen molar-refractivity contribution >= 4 is 17.5 Å². The van der Waals surface area contributed by atoms with E-state index in [0.29, 0.717) is 22.4 Å². The van der Waals surface area contributed by atoms with Crippen LogP contribution >= 0.6 is 11.5 Å². The zero-order chi connectivity index (χ0) is 13.2. The van der Waals surface area contributed by atoms with Gasteiger partial charge in [-0.05, 0) is 18.9 Å². The molecule has 1 saturated carbocycles. The molecule has 0 amide bonds. The molecule has 1 aliphatic carbocycles. The molecule has 0 radical (unpaired) electrons. The van der Waals surface area contributed by atoms with Crippen LogP contribution in [0.3, 0.4) is 0 Å². The van der Waals surface area contributed by atoms with Gasteiger partial charge in [0.05, 0.1) is 6.42 Å². The van der Waals surface area contributed by atoms with Gasteiger partial charge in [-0.15, -0.1) is 0 Å². The standard InChI is InChI=1S/C13H12N2O3S/c16-11(17)7-9-3-1-2-4-10(9)18-13-14-12(15-19-13)8-5-6-8/h1-4,8H,5-7H2,(H,16,17). The molecule has 1 aliphatic rings. The first kappa shape index (κ1) is 12.1. The molecule has 1 aromatic heterocycles. The number of aliphatic carboxylic acids is 1. The van der Waals surface area contributed by atoms with E-state index in [4.69, 9.17) is 9.84 Å². The normalized spacial score (nSPS) is 14.3. The zero-order valence-corrected chi connectivity index (χ0v) is 10.9. The van der Waals surface area contributed by atoms with Crippen molar-refractivity contribution in [2.75, 3.05) is 0 Å². The van der Waals surface area contributed by atoms with Gasteiger partial charge in [0.2, 0.25) is 0 Å². The van der Waals surface area contributed by atoms with E-state index in [9.17, 15) is 4.79 Å². The molecular formula is C13H12N2O3S. The number of hydrogen-bond acceptors (Lipinski definition) is 5. The van der Waals surface area contributed by atoms with E-state index in [1.54, 1.807) is 18.2 Å². The van der Waals surface area contributed by atoms with Crippen LogP contribution < -0.4 is 4.74 Å². The Hall–Kier alpha value is -1.95. The highest BCUT2D eigenvalue weighted by molar-refractivity contribution is 7.07. The van der Waals surface area contributed by atoms with Crippen molar-refractivity contribution < 1.29 is 14.6 Å². The van der Waals surface area contributed by atoms with Crippen LogP contribution in [-0.4, -0.2) is 20.4 Å². The van der Waals surface area contributed by atoms with Crippen molar-refractivity contribution in [3.63, 3.8) is 0 Å². The number of benzene rings is 1. The average Bonchev–Trinajstić information content (AvgIpc) is 3.12. The van der Waals surface area contributed by atoms with E-state index in [-0.39, 0.29) is 6.42 Å². The van der Waals surface area contributed by atoms with Crippen molar-refractivity contribution in [3.05, 3.63) is 35.7 Å². The maximum Gasteiger partial charge on any atom is 0.307 e. The van der Waals surface area contributed by atoms with Crippen LogP contribution in [0.2, 0.25) is 0 Å². The Morgan fingerprint density at radius 3 is 2.95 bits per heavy atom. The third-order valence-electron chi connectivity index (χ3n) is 2.88. The van der Waals surface area contributed by atoms with Crippen LogP contribution in [0, 0.1) is 0 Å². The lowest BCUT2D eigenvalue weighted by Crippen LogP contribution is -2.01. The smallest absolute Gasteiger partial charge is 0.307 e. The highest BCUT2D eigenvalue weighted by atomic mass is 32.1. The SMILES string of the molecule is O=C(O)Cc1ccccc1Oc1nc(C2CC2)ns1. The van der Waals surface area contributed by atoms with Crippen LogP contribution in [0.1, 0.15) is 30.1 Å². The van der Waals surface area contributed by atoms with Gasteiger partial charge in [-0.1, -0.05) is 18.2 Å². The summed E-state index contributed by atoms with van der Waals surface area (Å²) in [6.07, 6.45) is 2.22. The molecule has 0 bridgehead atoms. The first-order chi connectivity index (χ1) is 9.22. The predicted molar refractivity (Wildman–Crippen MR) is 69.7 cm³/mol. The van der Waals surface area contributed by atoms with Gasteiger partial charge < -0.3 is 9.84 Å². The molecule has 0 spiro atoms. The minimum atomic E-state index is -0.882. The Labute approximate surface area is 114 Å². The Morgan fingerprint density at radius 1 is 1.42 bits per heavy atom. The maximum absolute atomic E-state index is 10.8. The van der Waals surface area contributed by atoms with Crippen molar-refractivity contribution in [3.8, 4) is 10.9 Å². The minimum Gasteiger partial charge on any atom is -0.481 e. The Bertz CT molecular complexity index is 607. The highest BCUT2D eigenvalue weighted by Gasteiger charge is 2.28. The molecule has 1 heterocycles. The van der Waals surface area contributed by atoms with Gasteiger partial charge in [0.25, 0.3) is 5.19 Å². The summed E-state index contributed by atoms with van der Waals surface area (Å²) in [6, 6.07) is 7.09. The quantitative estimate of drug-likeness (QED) is 0.909. The predicted octanol–water partition coefficient (Wildman–Crippen LogP) is 2.83. The summed E-state index contributed by atoms with van der Waals surface area (Å²) in [5.74, 6) is 0.981. The van der Waals surface area contributed by atoms with Crippen LogP contribution in [-0.2, 0) is 11.2 Å². The summed E-state index contributed by atoms with van der Waals surface area (Å²) in [7, 11) is 0. The van der Waals surface area contributed by atoms with E-state index in [1.807, 2.05) is 6.07 Å². The molecule has 1 fully saturated rings. The van der Waals surface area contributed by atoms with Crippen molar-refractivity contribution in [2.45, 2.75) is 25.2 Å². The molecule has 1 N–H and O–H groups in total. The third-order valence-corrected chi connectivity index (χ3v) is 3.49. The molecule has 0 atom stereocenters. The summed E-state index contributed by atoms with van der Waals surface area (Å²) in [4.78, 5) is 15.1. The van der Waals surface area contributed by atoms with Crippen LogP contribution in [0.25, 0.3) is 0 Å². The molecule has 0 saturated heterocycles. The summed E-state index contributed by atoms with van der Waals surface area (Å²) in [6.45, 7) is 0. The lowest BCUT2D eigenvalue weighted by atomic mass is 10.1. The number of hydrogen-bond donors (Lipinski definition) is 1. The summed E-state index contributed by atoms with van der Waals surface area (Å²) < 4.78 is 9.90. The average molecular weight is 276 g/mol. The van der Waals surface area contributed by atoms with Gasteiger partial charge in [-0.25, -0.2) is 0 Å². The summed E-state index contributed by atoms with van der Waals surface area (Å²) in [5, 5.41) is 9.33. The van der Waals surface area contributed by atoms with Crippen LogP contribution in [0.5, 0.6) is 10.9 Å². The van der Waals surface area contributed by atoms with E-state index in [2.05, 4.69) is 9.36 Å². The maximum atomic E-state index is 10.8. The van der Waals surface area contributed by atoms with Gasteiger partial charge in [0.1, 0.15) is 11.6 Å². The zero-order valence-electron chi connectivity index (χ0n) is 10.1. The number of carbonyl (C=O) groups is 1. The van der Waals surface area contributed by atoms with Gasteiger partial charge in [-0.3, -0.25) is 4.79 Å². The second kappa shape index (κ2) is 4.97. The fraction of sp³-hybridized carbons (Fsp3) is 0.308. The molecule has 3 rings (SSSR count). The molecule has 0 aliphatic heterocycles. The summed E-state index contributed by atoms with van der Waals surface area (Å²) in [5.41, 5.74) is 0.637. The van der Waals surface area contributed by atoms with Gasteiger partial charge in [-0.2, -0.15) is 9.36 Å². The highest BCUT2D eigenvalue weighted by Crippen LogP contribution is 2.40. The lowest BCUT2D eigenvalue weighted by Gasteiger charge is -2.06. The van der Waals surface area contributed by atoms with E-state index < -0.39 is 5.97 Å². The van der Waals surface area contributed by atoms with Gasteiger partial charge in [0, 0.05) is 23.0 Å². The fourth-order valence-electron chi connectivity index (χ4n) is 1.78. The first-order valence-electron chi connectivity index (χ1n) is 6.03. The van der Waals surface area contributed by atoms with Crippen molar-refractivity contribution in [1.29, 1.82) is 0 Å². The second-order valence-electron chi connectivity index (χ2n) is 4.47. The number of carboxylic acid groups (broad SMARTS) is 1. The number of carboxylic acids is 1. The molecule has 6 heteroatoms. The van der Waals surface area contributed by atoms with Crippen molar-refractivity contribution in [1.82, 2.24) is 9.36 Å². The number of aromatic nitrogens is 2. The number of para-hydroxylation sites is 1. The fourth-order valence-corrected chi connectivity index (χ4v) is 2.40. The van der Waals surface area contributed by atoms with Crippen LogP contribution in [0.4, 0.5) is 0 Å². The van der Waals surface area contributed by atoms with Crippen molar-refractivity contribution in [2.24, 2.45) is 0 Å². The summed E-state index contributed by atoms with van der Waals surface area (Å²) >= 11 is 1.21. The molecule has 5 nitrogen and oxygen atoms in total. The largest absolute Gasteiger partial charge is 0.481 e. The van der Waals surface area contributed by atoms with Gasteiger partial charge in [0.15, 0.2) is 0 Å².